The topological polar surface area (TPSA) is 52.0 Å². The fourth-order valence-corrected chi connectivity index (χ4v) is 2.46. The van der Waals surface area contributed by atoms with Crippen molar-refractivity contribution in [2.24, 2.45) is 0 Å². The summed E-state index contributed by atoms with van der Waals surface area (Å²) in [6.07, 6.45) is 4.38. The summed E-state index contributed by atoms with van der Waals surface area (Å²) in [5.41, 5.74) is 1.03. The number of hydrogen-bond donors (Lipinski definition) is 1. The Morgan fingerprint density at radius 2 is 2.25 bits per heavy atom. The van der Waals surface area contributed by atoms with Crippen molar-refractivity contribution in [3.63, 3.8) is 0 Å². The zero-order valence-electron chi connectivity index (χ0n) is 11.7. The van der Waals surface area contributed by atoms with Crippen LogP contribution in [0.3, 0.4) is 0 Å². The maximum absolute atomic E-state index is 5.67. The zero-order chi connectivity index (χ0) is 13.8. The van der Waals surface area contributed by atoms with Crippen molar-refractivity contribution in [3.05, 3.63) is 42.5 Å². The average Bonchev–Trinajstić information content (AvgIpc) is 3.17. The van der Waals surface area contributed by atoms with Crippen LogP contribution in [0.4, 0.5) is 0 Å². The lowest BCUT2D eigenvalue weighted by atomic mass is 10.1. The van der Waals surface area contributed by atoms with Crippen molar-refractivity contribution >= 4 is 0 Å². The van der Waals surface area contributed by atoms with Gasteiger partial charge in [0.15, 0.2) is 5.82 Å². The fraction of sp³-hybridized carbons (Fsp3) is 0.467. The second kappa shape index (κ2) is 6.15. The number of nitrogens with one attached hydrogen (secondary N) is 1. The quantitative estimate of drug-likeness (QED) is 0.903. The molecule has 0 unspecified atom stereocenters. The first kappa shape index (κ1) is 13.3. The minimum absolute atomic E-state index is 0.325. The minimum atomic E-state index is 0.325. The Kier molecular flexibility index (Phi) is 4.08. The van der Waals surface area contributed by atoms with Gasteiger partial charge in [-0.05, 0) is 31.9 Å². The molecule has 1 N–H and O–H groups in total. The maximum Gasteiger partial charge on any atom is 0.164 e. The number of nitrogens with zero attached hydrogens (tertiary/aromatic N) is 3. The number of benzene rings is 1. The first-order valence-corrected chi connectivity index (χ1v) is 7.14. The van der Waals surface area contributed by atoms with E-state index in [0.29, 0.717) is 18.7 Å². The summed E-state index contributed by atoms with van der Waals surface area (Å²) in [4.78, 5) is 4.34. The van der Waals surface area contributed by atoms with Gasteiger partial charge in [-0.3, -0.25) is 0 Å². The lowest BCUT2D eigenvalue weighted by Gasteiger charge is -2.19. The summed E-state index contributed by atoms with van der Waals surface area (Å²) >= 11 is 0. The van der Waals surface area contributed by atoms with Gasteiger partial charge in [0.2, 0.25) is 0 Å². The second-order valence-corrected chi connectivity index (χ2v) is 5.16. The van der Waals surface area contributed by atoms with E-state index >= 15 is 0 Å². The first-order valence-electron chi connectivity index (χ1n) is 7.14. The van der Waals surface area contributed by atoms with E-state index in [1.165, 1.54) is 0 Å². The minimum Gasteiger partial charge on any atom is -0.377 e. The predicted octanol–water partition coefficient (Wildman–Crippen LogP) is 1.92. The number of aromatic nitrogens is 3. The molecule has 0 spiro atoms. The highest BCUT2D eigenvalue weighted by Crippen LogP contribution is 2.15. The van der Waals surface area contributed by atoms with Gasteiger partial charge in [0.05, 0.1) is 18.3 Å². The van der Waals surface area contributed by atoms with Crippen molar-refractivity contribution in [1.29, 1.82) is 0 Å². The van der Waals surface area contributed by atoms with Crippen LogP contribution in [-0.2, 0) is 11.3 Å². The van der Waals surface area contributed by atoms with Gasteiger partial charge in [-0.2, -0.15) is 0 Å². The van der Waals surface area contributed by atoms with Crippen LogP contribution < -0.4 is 5.32 Å². The Balaban J connectivity index is 1.57. The van der Waals surface area contributed by atoms with Gasteiger partial charge in [0.1, 0.15) is 6.33 Å². The Hall–Kier alpha value is -1.72. The molecule has 5 nitrogen and oxygen atoms in total. The molecule has 0 bridgehead atoms. The standard InChI is InChI=1S/C15H20N4O/c1-12(14-8-5-9-20-14)16-10-15-17-11-19(18-15)13-6-3-2-4-7-13/h2-4,6-7,11-12,14,16H,5,8-10H2,1H3/t12-,14+/m1/s1. The highest BCUT2D eigenvalue weighted by Gasteiger charge is 2.22. The summed E-state index contributed by atoms with van der Waals surface area (Å²) in [7, 11) is 0. The van der Waals surface area contributed by atoms with E-state index in [0.717, 1.165) is 31.0 Å². The normalized spacial score (nSPS) is 20.1. The van der Waals surface area contributed by atoms with Crippen LogP contribution in [0.15, 0.2) is 36.7 Å². The Morgan fingerprint density at radius 1 is 1.40 bits per heavy atom. The zero-order valence-corrected chi connectivity index (χ0v) is 11.7. The van der Waals surface area contributed by atoms with Crippen LogP contribution in [0.25, 0.3) is 5.69 Å². The van der Waals surface area contributed by atoms with Crippen LogP contribution in [0.2, 0.25) is 0 Å². The predicted molar refractivity (Wildman–Crippen MR) is 76.6 cm³/mol. The molecule has 1 saturated heterocycles. The van der Waals surface area contributed by atoms with Crippen LogP contribution in [0.1, 0.15) is 25.6 Å². The molecular formula is C15H20N4O. The van der Waals surface area contributed by atoms with Gasteiger partial charge in [0, 0.05) is 12.6 Å². The molecule has 0 aliphatic carbocycles. The van der Waals surface area contributed by atoms with Crippen LogP contribution in [-0.4, -0.2) is 33.5 Å². The molecule has 1 fully saturated rings. The van der Waals surface area contributed by atoms with Gasteiger partial charge in [-0.15, -0.1) is 5.10 Å². The fourth-order valence-electron chi connectivity index (χ4n) is 2.46. The van der Waals surface area contributed by atoms with Gasteiger partial charge >= 0.3 is 0 Å². The molecule has 1 aliphatic rings. The van der Waals surface area contributed by atoms with Crippen molar-refractivity contribution in [1.82, 2.24) is 20.1 Å². The third-order valence-corrected chi connectivity index (χ3v) is 3.66. The third-order valence-electron chi connectivity index (χ3n) is 3.66. The number of ether oxygens (including phenoxy) is 1. The van der Waals surface area contributed by atoms with Gasteiger partial charge < -0.3 is 10.1 Å². The lowest BCUT2D eigenvalue weighted by Crippen LogP contribution is -2.36. The summed E-state index contributed by atoms with van der Waals surface area (Å²) in [6.45, 7) is 3.71. The molecular weight excluding hydrogens is 252 g/mol. The van der Waals surface area contributed by atoms with E-state index in [9.17, 15) is 0 Å². The Bertz CT molecular complexity index is 534. The average molecular weight is 272 g/mol. The Morgan fingerprint density at radius 3 is 3.00 bits per heavy atom. The van der Waals surface area contributed by atoms with Crippen molar-refractivity contribution in [2.45, 2.75) is 38.5 Å². The molecule has 2 atom stereocenters. The van der Waals surface area contributed by atoms with E-state index in [1.807, 2.05) is 30.3 Å². The molecule has 2 aromatic rings. The van der Waals surface area contributed by atoms with Crippen LogP contribution in [0.5, 0.6) is 0 Å². The monoisotopic (exact) mass is 272 g/mol. The summed E-state index contributed by atoms with van der Waals surface area (Å²) in [6, 6.07) is 10.3. The van der Waals surface area contributed by atoms with Crippen molar-refractivity contribution in [2.75, 3.05) is 6.61 Å². The molecule has 1 aliphatic heterocycles. The molecule has 3 rings (SSSR count). The number of hydrogen-bond acceptors (Lipinski definition) is 4. The van der Waals surface area contributed by atoms with E-state index in [1.54, 1.807) is 11.0 Å². The van der Waals surface area contributed by atoms with Gasteiger partial charge in [-0.1, -0.05) is 18.2 Å². The third kappa shape index (κ3) is 3.05. The van der Waals surface area contributed by atoms with Crippen molar-refractivity contribution < 1.29 is 4.74 Å². The largest absolute Gasteiger partial charge is 0.377 e. The van der Waals surface area contributed by atoms with Crippen LogP contribution in [0, 0.1) is 0 Å². The van der Waals surface area contributed by atoms with E-state index in [-0.39, 0.29) is 0 Å². The molecule has 0 amide bonds. The number of para-hydroxylation sites is 1. The molecule has 1 aromatic heterocycles. The molecule has 1 aromatic carbocycles. The lowest BCUT2D eigenvalue weighted by molar-refractivity contribution is 0.0830. The Labute approximate surface area is 119 Å². The second-order valence-electron chi connectivity index (χ2n) is 5.16. The molecule has 5 heteroatoms. The SMILES string of the molecule is C[C@@H](NCc1ncn(-c2ccccc2)n1)[C@@H]1CCCO1. The molecule has 0 saturated carbocycles. The van der Waals surface area contributed by atoms with E-state index < -0.39 is 0 Å². The van der Waals surface area contributed by atoms with Gasteiger partial charge in [-0.25, -0.2) is 9.67 Å². The summed E-state index contributed by atoms with van der Waals surface area (Å²) in [5.74, 6) is 0.804. The molecule has 0 radical (unpaired) electrons. The smallest absolute Gasteiger partial charge is 0.164 e. The summed E-state index contributed by atoms with van der Waals surface area (Å²) in [5, 5.41) is 7.92. The molecule has 106 valence electrons. The molecule has 2 heterocycles. The maximum atomic E-state index is 5.67. The van der Waals surface area contributed by atoms with E-state index in [4.69, 9.17) is 4.74 Å². The summed E-state index contributed by atoms with van der Waals surface area (Å²) < 4.78 is 7.47. The number of rotatable bonds is 5. The van der Waals surface area contributed by atoms with Crippen LogP contribution >= 0.6 is 0 Å². The highest BCUT2D eigenvalue weighted by molar-refractivity contribution is 5.29. The first-order chi connectivity index (χ1) is 9.83. The highest BCUT2D eigenvalue weighted by atomic mass is 16.5. The van der Waals surface area contributed by atoms with Gasteiger partial charge in [0.25, 0.3) is 0 Å². The van der Waals surface area contributed by atoms with Crippen molar-refractivity contribution in [3.8, 4) is 5.69 Å². The van der Waals surface area contributed by atoms with E-state index in [2.05, 4.69) is 22.3 Å². The molecule has 20 heavy (non-hydrogen) atoms.